The number of hydrogen-bond acceptors (Lipinski definition) is 10. The Bertz CT molecular complexity index is 2550. The lowest BCUT2D eigenvalue weighted by atomic mass is 9.95. The maximum Gasteiger partial charge on any atom is 0.417 e. The normalized spacial score (nSPS) is 13.9. The van der Waals surface area contributed by atoms with Crippen molar-refractivity contribution in [1.82, 2.24) is 25.1 Å². The molecule has 1 unspecified atom stereocenters. The molecular weight excluding hydrogens is 823 g/mol. The van der Waals surface area contributed by atoms with Gasteiger partial charge in [0.25, 0.3) is 5.91 Å². The lowest BCUT2D eigenvalue weighted by Gasteiger charge is -2.23. The van der Waals surface area contributed by atoms with Crippen molar-refractivity contribution in [3.8, 4) is 11.5 Å². The minimum atomic E-state index is -0.698. The number of imide groups is 1. The molecule has 0 radical (unpaired) electrons. The molecule has 5 aromatic rings. The molecular formula is C45H50Cl2N6O8. The van der Waals surface area contributed by atoms with Crippen molar-refractivity contribution in [1.29, 1.82) is 0 Å². The van der Waals surface area contributed by atoms with E-state index in [0.717, 1.165) is 38.2 Å². The molecule has 0 spiro atoms. The third kappa shape index (κ3) is 10.0. The molecule has 0 saturated heterocycles. The monoisotopic (exact) mass is 872 g/mol. The summed E-state index contributed by atoms with van der Waals surface area (Å²) in [4.78, 5) is 62.6. The highest BCUT2D eigenvalue weighted by Gasteiger charge is 2.37. The van der Waals surface area contributed by atoms with Gasteiger partial charge in [0.15, 0.2) is 0 Å². The first-order valence-electron chi connectivity index (χ1n) is 19.6. The van der Waals surface area contributed by atoms with Gasteiger partial charge in [-0.1, -0.05) is 48.3 Å². The smallest absolute Gasteiger partial charge is 0.417 e. The van der Waals surface area contributed by atoms with Crippen molar-refractivity contribution in [2.75, 3.05) is 26.1 Å². The van der Waals surface area contributed by atoms with Crippen LogP contribution in [0.2, 0.25) is 10.0 Å². The topological polar surface area (TPSA) is 162 Å². The Kier molecular flexibility index (Phi) is 12.9. The van der Waals surface area contributed by atoms with E-state index in [4.69, 9.17) is 47.1 Å². The van der Waals surface area contributed by atoms with Crippen LogP contribution in [0.4, 0.5) is 20.1 Å². The van der Waals surface area contributed by atoms with Crippen molar-refractivity contribution >= 4 is 74.8 Å². The average Bonchev–Trinajstić information content (AvgIpc) is 3.80. The Hall–Kier alpha value is -5.86. The van der Waals surface area contributed by atoms with E-state index in [-0.39, 0.29) is 18.5 Å². The lowest BCUT2D eigenvalue weighted by Crippen LogP contribution is -2.36. The summed E-state index contributed by atoms with van der Waals surface area (Å²) in [6.07, 6.45) is 0.483. The van der Waals surface area contributed by atoms with Crippen LogP contribution in [0, 0.1) is 6.92 Å². The summed E-state index contributed by atoms with van der Waals surface area (Å²) < 4.78 is 21.6. The maximum absolute atomic E-state index is 13.1. The molecule has 14 nitrogen and oxygen atoms in total. The molecule has 3 aromatic carbocycles. The number of amides is 5. The number of benzene rings is 3. The molecule has 2 aliphatic heterocycles. The summed E-state index contributed by atoms with van der Waals surface area (Å²) in [5.74, 6) is 0.860. The van der Waals surface area contributed by atoms with Gasteiger partial charge in [-0.15, -0.1) is 0 Å². The second-order valence-corrected chi connectivity index (χ2v) is 17.7. The molecule has 0 bridgehead atoms. The molecule has 0 aliphatic carbocycles. The SMILES string of the molecule is CC(CNC(=O)OC(C)(C)C)c1cccc2c3c(cnc12)CN(C(=O)OC(C)(C)C)C3=O.COc1cc(OC)c2nc(C)c3c(c2c1)CN(C(=O)Nc1ccc(Cl)c(Cl)c1)C3. The van der Waals surface area contributed by atoms with E-state index in [0.29, 0.717) is 68.9 Å². The van der Waals surface area contributed by atoms with Gasteiger partial charge >= 0.3 is 18.2 Å². The predicted molar refractivity (Wildman–Crippen MR) is 235 cm³/mol. The molecule has 2 N–H and O–H groups in total. The van der Waals surface area contributed by atoms with Crippen molar-refractivity contribution in [3.63, 3.8) is 0 Å². The van der Waals surface area contributed by atoms with Crippen LogP contribution in [-0.4, -0.2) is 75.9 Å². The molecule has 0 saturated carbocycles. The number of aryl methyl sites for hydroxylation is 1. The van der Waals surface area contributed by atoms with Crippen molar-refractivity contribution < 1.29 is 38.1 Å². The molecule has 2 aromatic heterocycles. The Morgan fingerprint density at radius 2 is 1.56 bits per heavy atom. The summed E-state index contributed by atoms with van der Waals surface area (Å²) in [5.41, 5.74) is 5.76. The number of carbonyl (C=O) groups is 4. The van der Waals surface area contributed by atoms with Gasteiger partial charge in [0.05, 0.1) is 41.9 Å². The molecule has 16 heteroatoms. The number of pyridine rings is 2. The molecule has 7 rings (SSSR count). The predicted octanol–water partition coefficient (Wildman–Crippen LogP) is 10.2. The van der Waals surface area contributed by atoms with Gasteiger partial charge < -0.3 is 34.5 Å². The van der Waals surface area contributed by atoms with E-state index in [2.05, 4.69) is 15.6 Å². The number of ether oxygens (including phenoxy) is 4. The molecule has 322 valence electrons. The summed E-state index contributed by atoms with van der Waals surface area (Å²) in [5, 5.41) is 8.09. The summed E-state index contributed by atoms with van der Waals surface area (Å²) in [6, 6.07) is 14.1. The standard InChI is InChI=1S/C24H31N3O5.C21H19Cl2N3O3/c1-14(11-26-21(29)31-23(2,3)4)16-9-8-10-17-18-15(12-25-19(16)17)13-27(20(18)28)22(30)32-24(5,6)7;1-11-15-9-26(21(27)25-12-4-5-17(22)18(23)6-12)10-16(15)14-7-13(28-2)8-19(29-3)20(14)24-11/h8-10,12,14H,11,13H2,1-7H3,(H,26,29);4-8H,9-10H2,1-3H3,(H,25,27). The summed E-state index contributed by atoms with van der Waals surface area (Å²) >= 11 is 12.0. The number of rotatable bonds is 6. The number of halogens is 2. The van der Waals surface area contributed by atoms with E-state index in [1.54, 1.807) is 64.3 Å². The molecule has 2 aliphatic rings. The molecule has 0 fully saturated rings. The first kappa shape index (κ1) is 44.7. The molecule has 61 heavy (non-hydrogen) atoms. The highest BCUT2D eigenvalue weighted by atomic mass is 35.5. The third-order valence-electron chi connectivity index (χ3n) is 9.96. The van der Waals surface area contributed by atoms with E-state index in [9.17, 15) is 19.2 Å². The van der Waals surface area contributed by atoms with Crippen LogP contribution < -0.4 is 20.1 Å². The fourth-order valence-electron chi connectivity index (χ4n) is 7.13. The number of carbonyl (C=O) groups excluding carboxylic acids is 4. The highest BCUT2D eigenvalue weighted by Crippen LogP contribution is 2.38. The quantitative estimate of drug-likeness (QED) is 0.168. The van der Waals surface area contributed by atoms with Crippen LogP contribution in [0.25, 0.3) is 21.8 Å². The number of methoxy groups -OCH3 is 2. The van der Waals surface area contributed by atoms with Gasteiger partial charge in [-0.3, -0.25) is 9.78 Å². The Morgan fingerprint density at radius 3 is 2.21 bits per heavy atom. The van der Waals surface area contributed by atoms with Crippen LogP contribution >= 0.6 is 23.2 Å². The van der Waals surface area contributed by atoms with E-state index in [1.165, 1.54) is 0 Å². The van der Waals surface area contributed by atoms with Crippen molar-refractivity contribution in [3.05, 3.63) is 98.3 Å². The second-order valence-electron chi connectivity index (χ2n) is 16.9. The second kappa shape index (κ2) is 17.6. The first-order valence-corrected chi connectivity index (χ1v) is 20.4. The zero-order valence-electron chi connectivity index (χ0n) is 35.9. The molecule has 4 heterocycles. The minimum Gasteiger partial charge on any atom is -0.497 e. The van der Waals surface area contributed by atoms with Crippen LogP contribution in [0.5, 0.6) is 11.5 Å². The Balaban J connectivity index is 0.000000205. The molecule has 1 atom stereocenters. The number of hydrogen-bond donors (Lipinski definition) is 2. The highest BCUT2D eigenvalue weighted by molar-refractivity contribution is 6.42. The zero-order chi connectivity index (χ0) is 44.6. The Labute approximate surface area is 364 Å². The van der Waals surface area contributed by atoms with Crippen molar-refractivity contribution in [2.24, 2.45) is 0 Å². The summed E-state index contributed by atoms with van der Waals surface area (Å²) in [7, 11) is 3.22. The number of nitrogens with zero attached hydrogens (tertiary/aromatic N) is 4. The van der Waals surface area contributed by atoms with E-state index < -0.39 is 29.3 Å². The third-order valence-corrected chi connectivity index (χ3v) is 10.7. The van der Waals surface area contributed by atoms with Crippen LogP contribution in [0.15, 0.2) is 54.7 Å². The number of urea groups is 1. The molecule has 5 amide bonds. The van der Waals surface area contributed by atoms with Crippen LogP contribution in [0.1, 0.15) is 92.7 Å². The van der Waals surface area contributed by atoms with E-state index in [1.807, 2.05) is 65.0 Å². The van der Waals surface area contributed by atoms with Gasteiger partial charge in [0.2, 0.25) is 0 Å². The number of nitrogens with one attached hydrogen (secondary N) is 2. The van der Waals surface area contributed by atoms with Crippen LogP contribution in [-0.2, 0) is 29.1 Å². The number of anilines is 1. The van der Waals surface area contributed by atoms with Crippen molar-refractivity contribution in [2.45, 2.75) is 92.1 Å². The lowest BCUT2D eigenvalue weighted by molar-refractivity contribution is 0.0247. The number of alkyl carbamates (subject to hydrolysis) is 1. The fraction of sp³-hybridized carbons (Fsp3) is 0.378. The summed E-state index contributed by atoms with van der Waals surface area (Å²) in [6.45, 7) is 16.0. The maximum atomic E-state index is 13.1. The fourth-order valence-corrected chi connectivity index (χ4v) is 7.42. The largest absolute Gasteiger partial charge is 0.497 e. The number of aromatic nitrogens is 2. The number of fused-ring (bicyclic) bond motifs is 6. The van der Waals surface area contributed by atoms with Gasteiger partial charge in [0.1, 0.15) is 28.2 Å². The van der Waals surface area contributed by atoms with Gasteiger partial charge in [-0.25, -0.2) is 24.3 Å². The zero-order valence-corrected chi connectivity index (χ0v) is 37.4. The number of para-hydroxylation sites is 1. The average molecular weight is 874 g/mol. The van der Waals surface area contributed by atoms with Gasteiger partial charge in [-0.2, -0.15) is 0 Å². The van der Waals surface area contributed by atoms with Gasteiger partial charge in [-0.05, 0) is 89.4 Å². The van der Waals surface area contributed by atoms with Gasteiger partial charge in [0, 0.05) is 65.5 Å². The van der Waals surface area contributed by atoms with Crippen LogP contribution in [0.3, 0.4) is 0 Å². The first-order chi connectivity index (χ1) is 28.7. The minimum absolute atomic E-state index is 0.0739. The Morgan fingerprint density at radius 1 is 0.852 bits per heavy atom. The van der Waals surface area contributed by atoms with E-state index >= 15 is 0 Å².